The normalized spacial score (nSPS) is 16.4. The lowest BCUT2D eigenvalue weighted by Gasteiger charge is -2.45. The summed E-state index contributed by atoms with van der Waals surface area (Å²) in [6.07, 6.45) is 4.58. The fourth-order valence-electron chi connectivity index (χ4n) is 5.47. The summed E-state index contributed by atoms with van der Waals surface area (Å²) in [5.41, 5.74) is 3.76. The monoisotopic (exact) mass is 580 g/mol. The summed E-state index contributed by atoms with van der Waals surface area (Å²) < 4.78 is 19.6. The fourth-order valence-corrected chi connectivity index (χ4v) is 5.47. The van der Waals surface area contributed by atoms with Gasteiger partial charge in [-0.3, -0.25) is 0 Å². The van der Waals surface area contributed by atoms with Crippen molar-refractivity contribution in [3.8, 4) is 17.2 Å². The van der Waals surface area contributed by atoms with Crippen LogP contribution in [0.4, 0.5) is 22.0 Å². The number of piperazine rings is 1. The number of aromatic nitrogens is 5. The first kappa shape index (κ1) is 26.7. The number of ether oxygens (including phenoxy) is 3. The van der Waals surface area contributed by atoms with E-state index in [4.69, 9.17) is 14.2 Å². The van der Waals surface area contributed by atoms with Gasteiger partial charge >= 0.3 is 6.09 Å². The number of hydrogen-bond acceptors (Lipinski definition) is 10. The molecule has 2 aliphatic rings. The van der Waals surface area contributed by atoms with Crippen LogP contribution in [0, 0.1) is 6.92 Å². The number of hydrogen-bond donors (Lipinski definition) is 1. The van der Waals surface area contributed by atoms with Gasteiger partial charge in [-0.05, 0) is 63.6 Å². The Morgan fingerprint density at radius 2 is 1.93 bits per heavy atom. The molecule has 0 bridgehead atoms. The highest BCUT2D eigenvalue weighted by molar-refractivity contribution is 5.95. The molecule has 2 aromatic carbocycles. The van der Waals surface area contributed by atoms with Crippen molar-refractivity contribution >= 4 is 39.8 Å². The third-order valence-corrected chi connectivity index (χ3v) is 7.51. The minimum Gasteiger partial charge on any atom is -0.489 e. The number of anilines is 3. The molecule has 2 aliphatic heterocycles. The molecule has 0 saturated carbocycles. The maximum Gasteiger partial charge on any atom is 0.410 e. The van der Waals surface area contributed by atoms with Crippen LogP contribution >= 0.6 is 0 Å². The molecule has 5 heterocycles. The van der Waals surface area contributed by atoms with E-state index in [9.17, 15) is 4.79 Å². The molecular weight excluding hydrogens is 548 g/mol. The third-order valence-electron chi connectivity index (χ3n) is 7.51. The van der Waals surface area contributed by atoms with Gasteiger partial charge in [0.15, 0.2) is 5.65 Å². The predicted octanol–water partition coefficient (Wildman–Crippen LogP) is 5.33. The summed E-state index contributed by atoms with van der Waals surface area (Å²) in [6, 6.07) is 13.7. The van der Waals surface area contributed by atoms with Crippen LogP contribution in [0.1, 0.15) is 26.3 Å². The molecule has 1 atom stereocenters. The number of carbonyl (C=O) groups excluding carboxylic acids is 1. The van der Waals surface area contributed by atoms with Crippen LogP contribution < -0.4 is 19.7 Å². The number of carbonyl (C=O) groups is 1. The molecule has 220 valence electrons. The lowest BCUT2D eigenvalue weighted by atomic mass is 10.1. The number of rotatable bonds is 4. The zero-order valence-corrected chi connectivity index (χ0v) is 24.4. The summed E-state index contributed by atoms with van der Waals surface area (Å²) in [5, 5.41) is 8.46. The van der Waals surface area contributed by atoms with Gasteiger partial charge < -0.3 is 29.3 Å². The van der Waals surface area contributed by atoms with E-state index in [0.29, 0.717) is 43.5 Å². The van der Waals surface area contributed by atoms with E-state index in [2.05, 4.69) is 36.3 Å². The van der Waals surface area contributed by atoms with Crippen molar-refractivity contribution in [1.29, 1.82) is 0 Å². The topological polar surface area (TPSA) is 119 Å². The lowest BCUT2D eigenvalue weighted by Crippen LogP contribution is -2.59. The summed E-state index contributed by atoms with van der Waals surface area (Å²) in [6.45, 7) is 9.89. The van der Waals surface area contributed by atoms with Gasteiger partial charge in [0.1, 0.15) is 47.9 Å². The van der Waals surface area contributed by atoms with Crippen LogP contribution in [0.15, 0.2) is 61.3 Å². The quantitative estimate of drug-likeness (QED) is 0.299. The van der Waals surface area contributed by atoms with E-state index in [0.717, 1.165) is 39.3 Å². The van der Waals surface area contributed by atoms with Crippen molar-refractivity contribution in [2.24, 2.45) is 0 Å². The van der Waals surface area contributed by atoms with Gasteiger partial charge in [0.25, 0.3) is 0 Å². The number of fused-ring (bicyclic) bond motifs is 5. The van der Waals surface area contributed by atoms with Gasteiger partial charge in [-0.25, -0.2) is 24.3 Å². The first-order chi connectivity index (χ1) is 20.7. The molecule has 12 heteroatoms. The predicted molar refractivity (Wildman–Crippen MR) is 161 cm³/mol. The van der Waals surface area contributed by atoms with Gasteiger partial charge in [-0.15, -0.1) is 0 Å². The Kier molecular flexibility index (Phi) is 6.41. The Bertz CT molecular complexity index is 1850. The van der Waals surface area contributed by atoms with Gasteiger partial charge in [0.2, 0.25) is 0 Å². The zero-order chi connectivity index (χ0) is 29.7. The van der Waals surface area contributed by atoms with E-state index >= 15 is 0 Å². The molecule has 43 heavy (non-hydrogen) atoms. The van der Waals surface area contributed by atoms with Crippen LogP contribution in [0.3, 0.4) is 0 Å². The largest absolute Gasteiger partial charge is 0.489 e. The standard InChI is InChI=1S/C31H32N8O4/c1-19-11-20(5-6-26(19)42-22-7-8-39-28(12-22)33-18-35-39)36-29-23-13-25-27(14-24(23)32-17-34-29)41-16-21-15-37(9-10-38(21)25)30(40)43-31(2,3)4/h5-8,11-14,17-18,21H,9-10,15-16H2,1-4H3,(H,32,34,36)/t21-/m1/s1. The summed E-state index contributed by atoms with van der Waals surface area (Å²) >= 11 is 0. The van der Waals surface area contributed by atoms with E-state index in [-0.39, 0.29) is 12.1 Å². The van der Waals surface area contributed by atoms with Crippen molar-refractivity contribution in [3.05, 3.63) is 66.9 Å². The van der Waals surface area contributed by atoms with E-state index in [1.165, 1.54) is 6.33 Å². The Balaban J connectivity index is 1.11. The highest BCUT2D eigenvalue weighted by atomic mass is 16.6. The lowest BCUT2D eigenvalue weighted by molar-refractivity contribution is 0.0195. The summed E-state index contributed by atoms with van der Waals surface area (Å²) in [5.74, 6) is 2.89. The third kappa shape index (κ3) is 5.31. The first-order valence-corrected chi connectivity index (χ1v) is 14.2. The van der Waals surface area contributed by atoms with E-state index < -0.39 is 5.60 Å². The second kappa shape index (κ2) is 10.3. The van der Waals surface area contributed by atoms with Crippen LogP contribution in [0.2, 0.25) is 0 Å². The number of nitrogens with zero attached hydrogens (tertiary/aromatic N) is 7. The molecule has 7 rings (SSSR count). The second-order valence-electron chi connectivity index (χ2n) is 11.8. The van der Waals surface area contributed by atoms with Gasteiger partial charge in [-0.1, -0.05) is 0 Å². The zero-order valence-electron chi connectivity index (χ0n) is 24.4. The average molecular weight is 581 g/mol. The molecule has 3 aromatic heterocycles. The van der Waals surface area contributed by atoms with E-state index in [1.807, 2.05) is 70.3 Å². The average Bonchev–Trinajstić information content (AvgIpc) is 3.45. The van der Waals surface area contributed by atoms with Crippen LogP contribution in [-0.4, -0.2) is 73.4 Å². The minimum atomic E-state index is -0.536. The first-order valence-electron chi connectivity index (χ1n) is 14.2. The maximum atomic E-state index is 12.7. The number of benzene rings is 2. The van der Waals surface area contributed by atoms with Crippen LogP contribution in [0.5, 0.6) is 17.2 Å². The Labute approximate surface area is 248 Å². The van der Waals surface area contributed by atoms with Crippen molar-refractivity contribution in [2.45, 2.75) is 39.3 Å². The van der Waals surface area contributed by atoms with Crippen LogP contribution in [-0.2, 0) is 4.74 Å². The molecule has 5 aromatic rings. The molecule has 0 radical (unpaired) electrons. The summed E-state index contributed by atoms with van der Waals surface area (Å²) in [4.78, 5) is 30.1. The maximum absolute atomic E-state index is 12.7. The molecule has 1 saturated heterocycles. The molecule has 12 nitrogen and oxygen atoms in total. The summed E-state index contributed by atoms with van der Waals surface area (Å²) in [7, 11) is 0. The number of nitrogens with one attached hydrogen (secondary N) is 1. The van der Waals surface area contributed by atoms with Crippen molar-refractivity contribution in [2.75, 3.05) is 36.5 Å². The second-order valence-corrected chi connectivity index (χ2v) is 11.8. The van der Waals surface area contributed by atoms with E-state index in [1.54, 1.807) is 15.7 Å². The molecule has 0 aliphatic carbocycles. The molecule has 1 N–H and O–H groups in total. The minimum absolute atomic E-state index is 0.0212. The number of aryl methyl sites for hydroxylation is 1. The number of pyridine rings is 1. The Hall–Kier alpha value is -5.13. The van der Waals surface area contributed by atoms with Crippen molar-refractivity contribution in [3.63, 3.8) is 0 Å². The molecular formula is C31H32N8O4. The highest BCUT2D eigenvalue weighted by Gasteiger charge is 2.36. The van der Waals surface area contributed by atoms with Gasteiger partial charge in [0.05, 0.1) is 17.2 Å². The molecule has 0 spiro atoms. The van der Waals surface area contributed by atoms with Crippen molar-refractivity contribution in [1.82, 2.24) is 29.5 Å². The van der Waals surface area contributed by atoms with Crippen molar-refractivity contribution < 1.29 is 19.0 Å². The van der Waals surface area contributed by atoms with Gasteiger partial charge in [-0.2, -0.15) is 5.10 Å². The molecule has 0 unspecified atom stereocenters. The number of amides is 1. The molecule has 1 fully saturated rings. The van der Waals surface area contributed by atoms with Gasteiger partial charge in [0, 0.05) is 49.0 Å². The highest BCUT2D eigenvalue weighted by Crippen LogP contribution is 2.40. The SMILES string of the molecule is Cc1cc(Nc2ncnc3cc4c(cc23)N2CCN(C(=O)OC(C)(C)C)C[C@@H]2CO4)ccc1Oc1ccn2ncnc2c1. The Morgan fingerprint density at radius 1 is 1.05 bits per heavy atom. The molecule has 1 amide bonds. The Morgan fingerprint density at radius 3 is 2.77 bits per heavy atom. The van der Waals surface area contributed by atoms with Crippen LogP contribution in [0.25, 0.3) is 16.6 Å². The smallest absolute Gasteiger partial charge is 0.410 e. The fraction of sp³-hybridized carbons (Fsp3) is 0.323.